The van der Waals surface area contributed by atoms with Crippen LogP contribution in [0.4, 0.5) is 0 Å². The SMILES string of the molecule is C=CC1N(C)C(=O)c2cc3cc(C)ccc3n21. The first kappa shape index (κ1) is 10.1. The average molecular weight is 226 g/mol. The Morgan fingerprint density at radius 2 is 2.12 bits per heavy atom. The zero-order valence-electron chi connectivity index (χ0n) is 9.97. The number of carbonyl (C=O) groups excluding carboxylic acids is 1. The molecule has 0 radical (unpaired) electrons. The van der Waals surface area contributed by atoms with E-state index in [0.29, 0.717) is 0 Å². The van der Waals surface area contributed by atoms with E-state index in [2.05, 4.69) is 31.7 Å². The maximum absolute atomic E-state index is 12.1. The molecular formula is C14H14N2O. The Kier molecular flexibility index (Phi) is 1.93. The van der Waals surface area contributed by atoms with Crippen LogP contribution in [0.1, 0.15) is 22.2 Å². The predicted molar refractivity (Wildman–Crippen MR) is 68.0 cm³/mol. The van der Waals surface area contributed by atoms with E-state index in [-0.39, 0.29) is 12.1 Å². The van der Waals surface area contributed by atoms with Crippen molar-refractivity contribution in [3.05, 3.63) is 48.2 Å². The van der Waals surface area contributed by atoms with Gasteiger partial charge in [-0.3, -0.25) is 4.79 Å². The average Bonchev–Trinajstić information content (AvgIpc) is 2.77. The molecule has 86 valence electrons. The molecule has 3 heteroatoms. The van der Waals surface area contributed by atoms with Gasteiger partial charge in [0.05, 0.1) is 5.52 Å². The highest BCUT2D eigenvalue weighted by molar-refractivity contribution is 6.01. The van der Waals surface area contributed by atoms with E-state index < -0.39 is 0 Å². The van der Waals surface area contributed by atoms with Gasteiger partial charge in [-0.15, -0.1) is 0 Å². The number of aromatic nitrogens is 1. The van der Waals surface area contributed by atoms with Crippen molar-refractivity contribution in [3.8, 4) is 0 Å². The zero-order valence-corrected chi connectivity index (χ0v) is 9.97. The van der Waals surface area contributed by atoms with Crippen molar-refractivity contribution in [2.75, 3.05) is 7.05 Å². The van der Waals surface area contributed by atoms with Gasteiger partial charge in [0.25, 0.3) is 5.91 Å². The second kappa shape index (κ2) is 3.23. The lowest BCUT2D eigenvalue weighted by Gasteiger charge is -2.18. The highest BCUT2D eigenvalue weighted by Gasteiger charge is 2.33. The van der Waals surface area contributed by atoms with Crippen LogP contribution in [0.25, 0.3) is 10.9 Å². The topological polar surface area (TPSA) is 25.2 Å². The molecule has 1 aromatic carbocycles. The molecule has 0 saturated carbocycles. The van der Waals surface area contributed by atoms with Gasteiger partial charge < -0.3 is 9.47 Å². The van der Waals surface area contributed by atoms with E-state index in [4.69, 9.17) is 0 Å². The third-order valence-electron chi connectivity index (χ3n) is 3.41. The fraction of sp³-hybridized carbons (Fsp3) is 0.214. The molecule has 0 fully saturated rings. The number of likely N-dealkylation sites (N-methyl/N-ethyl adjacent to an activating group) is 1. The van der Waals surface area contributed by atoms with Gasteiger partial charge in [-0.2, -0.15) is 0 Å². The first-order valence-corrected chi connectivity index (χ1v) is 5.65. The number of fused-ring (bicyclic) bond motifs is 3. The van der Waals surface area contributed by atoms with Crippen LogP contribution in [0.2, 0.25) is 0 Å². The second-order valence-electron chi connectivity index (χ2n) is 4.53. The standard InChI is InChI=1S/C14H14N2O/c1-4-13-15(3)14(17)12-8-10-7-9(2)5-6-11(10)16(12)13/h4-8,13H,1H2,2-3H3. The Morgan fingerprint density at radius 3 is 2.82 bits per heavy atom. The van der Waals surface area contributed by atoms with E-state index in [0.717, 1.165) is 16.6 Å². The van der Waals surface area contributed by atoms with Crippen LogP contribution >= 0.6 is 0 Å². The predicted octanol–water partition coefficient (Wildman–Crippen LogP) is 2.72. The lowest BCUT2D eigenvalue weighted by molar-refractivity contribution is 0.0787. The lowest BCUT2D eigenvalue weighted by atomic mass is 10.2. The fourth-order valence-corrected chi connectivity index (χ4v) is 2.54. The van der Waals surface area contributed by atoms with E-state index in [1.54, 1.807) is 11.0 Å². The molecule has 1 aliphatic heterocycles. The van der Waals surface area contributed by atoms with Gasteiger partial charge in [-0.1, -0.05) is 18.2 Å². The third kappa shape index (κ3) is 1.19. The zero-order chi connectivity index (χ0) is 12.2. The molecule has 3 rings (SSSR count). The Labute approximate surface area is 99.9 Å². The van der Waals surface area contributed by atoms with Crippen molar-refractivity contribution >= 4 is 16.8 Å². The summed E-state index contributed by atoms with van der Waals surface area (Å²) in [5.74, 6) is 0.0590. The number of rotatable bonds is 1. The molecule has 0 bridgehead atoms. The maximum Gasteiger partial charge on any atom is 0.272 e. The number of hydrogen-bond acceptors (Lipinski definition) is 1. The number of benzene rings is 1. The van der Waals surface area contributed by atoms with Crippen molar-refractivity contribution in [1.82, 2.24) is 9.47 Å². The number of amides is 1. The fourth-order valence-electron chi connectivity index (χ4n) is 2.54. The monoisotopic (exact) mass is 226 g/mol. The minimum Gasteiger partial charge on any atom is -0.316 e. The molecule has 0 spiro atoms. The molecule has 0 saturated heterocycles. The van der Waals surface area contributed by atoms with Crippen LogP contribution < -0.4 is 0 Å². The molecule has 0 N–H and O–H groups in total. The number of hydrogen-bond donors (Lipinski definition) is 0. The molecule has 1 aliphatic rings. The quantitative estimate of drug-likeness (QED) is 0.686. The number of nitrogens with zero attached hydrogens (tertiary/aromatic N) is 2. The summed E-state index contributed by atoms with van der Waals surface area (Å²) >= 11 is 0. The summed E-state index contributed by atoms with van der Waals surface area (Å²) in [6.07, 6.45) is 1.73. The minimum absolute atomic E-state index is 0.0590. The second-order valence-corrected chi connectivity index (χ2v) is 4.53. The lowest BCUT2D eigenvalue weighted by Crippen LogP contribution is -2.23. The summed E-state index contributed by atoms with van der Waals surface area (Å²) in [4.78, 5) is 13.8. The van der Waals surface area contributed by atoms with Crippen LogP contribution in [0.5, 0.6) is 0 Å². The third-order valence-corrected chi connectivity index (χ3v) is 3.41. The first-order chi connectivity index (χ1) is 8.13. The molecular weight excluding hydrogens is 212 g/mol. The molecule has 0 aliphatic carbocycles. The largest absolute Gasteiger partial charge is 0.316 e. The molecule has 1 atom stereocenters. The summed E-state index contributed by atoms with van der Waals surface area (Å²) in [6, 6.07) is 8.20. The molecule has 17 heavy (non-hydrogen) atoms. The van der Waals surface area contributed by atoms with Crippen LogP contribution in [0, 0.1) is 6.92 Å². The Hall–Kier alpha value is -2.03. The summed E-state index contributed by atoms with van der Waals surface area (Å²) in [7, 11) is 1.81. The first-order valence-electron chi connectivity index (χ1n) is 5.65. The number of aryl methyl sites for hydroxylation is 1. The minimum atomic E-state index is -0.0716. The Bertz CT molecular complexity index is 639. The summed E-state index contributed by atoms with van der Waals surface area (Å²) in [5, 5.41) is 1.12. The normalized spacial score (nSPS) is 18.8. The highest BCUT2D eigenvalue weighted by Crippen LogP contribution is 2.33. The van der Waals surface area contributed by atoms with E-state index in [1.165, 1.54) is 5.56 Å². The smallest absolute Gasteiger partial charge is 0.272 e. The Balaban J connectivity index is 2.35. The van der Waals surface area contributed by atoms with Crippen LogP contribution in [0.3, 0.4) is 0 Å². The maximum atomic E-state index is 12.1. The van der Waals surface area contributed by atoms with Gasteiger partial charge in [0, 0.05) is 12.4 Å². The number of carbonyl (C=O) groups is 1. The van der Waals surface area contributed by atoms with Crippen LogP contribution in [-0.2, 0) is 0 Å². The Morgan fingerprint density at radius 1 is 1.35 bits per heavy atom. The van der Waals surface area contributed by atoms with Crippen LogP contribution in [0.15, 0.2) is 36.9 Å². The van der Waals surface area contributed by atoms with E-state index in [1.807, 2.05) is 17.7 Å². The molecule has 3 nitrogen and oxygen atoms in total. The van der Waals surface area contributed by atoms with Gasteiger partial charge in [0.2, 0.25) is 0 Å². The summed E-state index contributed by atoms with van der Waals surface area (Å²) in [5.41, 5.74) is 3.05. The van der Waals surface area contributed by atoms with Gasteiger partial charge in [-0.25, -0.2) is 0 Å². The van der Waals surface area contributed by atoms with Crippen molar-refractivity contribution < 1.29 is 4.79 Å². The van der Waals surface area contributed by atoms with Crippen molar-refractivity contribution in [2.24, 2.45) is 0 Å². The molecule has 1 amide bonds. The van der Waals surface area contributed by atoms with Crippen molar-refractivity contribution in [1.29, 1.82) is 0 Å². The molecule has 1 aromatic heterocycles. The molecule has 1 unspecified atom stereocenters. The van der Waals surface area contributed by atoms with Crippen molar-refractivity contribution in [2.45, 2.75) is 13.1 Å². The van der Waals surface area contributed by atoms with Gasteiger partial charge in [0.15, 0.2) is 0 Å². The van der Waals surface area contributed by atoms with E-state index >= 15 is 0 Å². The van der Waals surface area contributed by atoms with E-state index in [9.17, 15) is 4.79 Å². The van der Waals surface area contributed by atoms with Gasteiger partial charge in [0.1, 0.15) is 11.9 Å². The van der Waals surface area contributed by atoms with Crippen LogP contribution in [-0.4, -0.2) is 22.4 Å². The van der Waals surface area contributed by atoms with Gasteiger partial charge in [-0.05, 0) is 31.2 Å². The summed E-state index contributed by atoms with van der Waals surface area (Å²) in [6.45, 7) is 5.87. The molecule has 2 heterocycles. The summed E-state index contributed by atoms with van der Waals surface area (Å²) < 4.78 is 2.05. The molecule has 2 aromatic rings. The van der Waals surface area contributed by atoms with Gasteiger partial charge >= 0.3 is 0 Å². The van der Waals surface area contributed by atoms with Crippen molar-refractivity contribution in [3.63, 3.8) is 0 Å². The highest BCUT2D eigenvalue weighted by atomic mass is 16.2.